The summed E-state index contributed by atoms with van der Waals surface area (Å²) in [5.41, 5.74) is 11.4. The largest absolute Gasteiger partial charge is 0.384 e. The van der Waals surface area contributed by atoms with Crippen molar-refractivity contribution in [3.8, 4) is 11.3 Å². The summed E-state index contributed by atoms with van der Waals surface area (Å²) in [6.45, 7) is 1.05. The number of hydrogen-bond donors (Lipinski definition) is 1. The fraction of sp³-hybridized carbons (Fsp3) is 0.208. The van der Waals surface area contributed by atoms with Gasteiger partial charge in [-0.2, -0.15) is 5.10 Å². The standard InChI is InChI=1S/C24H23FN6O/c1-30-20(15-7-9-16(25)10-8-15)13-17(29-30)14-31-21(11-12-32-2)28-22-23(31)18-5-3-4-6-19(18)27-24(22)26/h3-10,13H,11-12,14H2,1-2H3,(H2,26,27). The molecule has 8 heteroatoms. The molecule has 5 rings (SSSR count). The van der Waals surface area contributed by atoms with Crippen LogP contribution < -0.4 is 5.73 Å². The minimum absolute atomic E-state index is 0.262. The van der Waals surface area contributed by atoms with Gasteiger partial charge in [0.05, 0.1) is 35.6 Å². The van der Waals surface area contributed by atoms with E-state index >= 15 is 0 Å². The molecule has 0 amide bonds. The summed E-state index contributed by atoms with van der Waals surface area (Å²) in [5, 5.41) is 5.70. The molecule has 7 nitrogen and oxygen atoms in total. The molecule has 0 fully saturated rings. The molecule has 0 saturated heterocycles. The molecule has 3 heterocycles. The fourth-order valence-corrected chi connectivity index (χ4v) is 4.12. The van der Waals surface area contributed by atoms with Crippen LogP contribution >= 0.6 is 0 Å². The molecular formula is C24H23FN6O. The van der Waals surface area contributed by atoms with Crippen LogP contribution in [0.25, 0.3) is 33.2 Å². The van der Waals surface area contributed by atoms with Gasteiger partial charge in [0.15, 0.2) is 5.82 Å². The number of rotatable bonds is 6. The second kappa shape index (κ2) is 8.05. The highest BCUT2D eigenvalue weighted by Gasteiger charge is 2.19. The maximum atomic E-state index is 13.4. The van der Waals surface area contributed by atoms with Crippen LogP contribution in [0.1, 0.15) is 11.5 Å². The summed E-state index contributed by atoms with van der Waals surface area (Å²) in [7, 11) is 3.56. The van der Waals surface area contributed by atoms with E-state index in [1.54, 1.807) is 19.2 Å². The fourth-order valence-electron chi connectivity index (χ4n) is 4.12. The number of para-hydroxylation sites is 1. The average molecular weight is 430 g/mol. The number of hydrogen-bond acceptors (Lipinski definition) is 5. The van der Waals surface area contributed by atoms with Crippen molar-refractivity contribution in [3.05, 3.63) is 71.9 Å². The van der Waals surface area contributed by atoms with Gasteiger partial charge in [-0.15, -0.1) is 0 Å². The molecule has 3 aromatic heterocycles. The Kier molecular flexibility index (Phi) is 5.07. The topological polar surface area (TPSA) is 83.8 Å². The number of methoxy groups -OCH3 is 1. The molecule has 0 spiro atoms. The molecule has 0 saturated carbocycles. The minimum atomic E-state index is -0.262. The molecule has 32 heavy (non-hydrogen) atoms. The molecule has 0 atom stereocenters. The maximum Gasteiger partial charge on any atom is 0.152 e. The van der Waals surface area contributed by atoms with Crippen LogP contribution in [0.3, 0.4) is 0 Å². The summed E-state index contributed by atoms with van der Waals surface area (Å²) < 4.78 is 22.6. The van der Waals surface area contributed by atoms with Crippen molar-refractivity contribution in [1.29, 1.82) is 0 Å². The molecule has 2 aromatic carbocycles. The number of imidazole rings is 1. The van der Waals surface area contributed by atoms with Gasteiger partial charge in [0.1, 0.15) is 17.2 Å². The lowest BCUT2D eigenvalue weighted by Crippen LogP contribution is -2.09. The Morgan fingerprint density at radius 1 is 1.06 bits per heavy atom. The van der Waals surface area contributed by atoms with Crippen molar-refractivity contribution in [3.63, 3.8) is 0 Å². The number of aryl methyl sites for hydroxylation is 1. The summed E-state index contributed by atoms with van der Waals surface area (Å²) in [4.78, 5) is 9.34. The Labute approximate surface area is 184 Å². The predicted molar refractivity (Wildman–Crippen MR) is 123 cm³/mol. The van der Waals surface area contributed by atoms with Gasteiger partial charge in [0.2, 0.25) is 0 Å². The van der Waals surface area contributed by atoms with E-state index in [0.29, 0.717) is 30.9 Å². The normalized spacial score (nSPS) is 11.6. The van der Waals surface area contributed by atoms with Crippen molar-refractivity contribution in [2.24, 2.45) is 7.05 Å². The molecule has 2 N–H and O–H groups in total. The van der Waals surface area contributed by atoms with Crippen LogP contribution in [0.5, 0.6) is 0 Å². The third-order valence-electron chi connectivity index (χ3n) is 5.61. The third kappa shape index (κ3) is 3.48. The van der Waals surface area contributed by atoms with Crippen molar-refractivity contribution in [2.45, 2.75) is 13.0 Å². The van der Waals surface area contributed by atoms with E-state index in [9.17, 15) is 4.39 Å². The quantitative estimate of drug-likeness (QED) is 0.441. The summed E-state index contributed by atoms with van der Waals surface area (Å²) in [6.07, 6.45) is 0.636. The third-order valence-corrected chi connectivity index (χ3v) is 5.61. The van der Waals surface area contributed by atoms with Gasteiger partial charge in [0, 0.05) is 26.0 Å². The first-order chi connectivity index (χ1) is 15.5. The number of ether oxygens (including phenoxy) is 1. The van der Waals surface area contributed by atoms with Gasteiger partial charge in [-0.05, 0) is 42.0 Å². The number of pyridine rings is 1. The lowest BCUT2D eigenvalue weighted by Gasteiger charge is -2.09. The maximum absolute atomic E-state index is 13.4. The van der Waals surface area contributed by atoms with Gasteiger partial charge in [-0.3, -0.25) is 4.68 Å². The molecule has 0 aliphatic carbocycles. The highest BCUT2D eigenvalue weighted by atomic mass is 19.1. The van der Waals surface area contributed by atoms with Crippen molar-refractivity contribution in [2.75, 3.05) is 19.5 Å². The van der Waals surface area contributed by atoms with Gasteiger partial charge >= 0.3 is 0 Å². The number of fused-ring (bicyclic) bond motifs is 3. The molecule has 0 radical (unpaired) electrons. The zero-order chi connectivity index (χ0) is 22.2. The van der Waals surface area contributed by atoms with E-state index < -0.39 is 0 Å². The number of nitrogens with zero attached hydrogens (tertiary/aromatic N) is 5. The SMILES string of the molecule is COCCc1nc2c(N)nc3ccccc3c2n1Cc1cc(-c2ccc(F)cc2)n(C)n1. The van der Waals surface area contributed by atoms with E-state index in [0.717, 1.165) is 39.2 Å². The summed E-state index contributed by atoms with van der Waals surface area (Å²) in [6, 6.07) is 16.4. The number of benzene rings is 2. The minimum Gasteiger partial charge on any atom is -0.384 e. The van der Waals surface area contributed by atoms with Crippen LogP contribution in [0.15, 0.2) is 54.6 Å². The Hall–Kier alpha value is -3.78. The molecular weight excluding hydrogens is 407 g/mol. The lowest BCUT2D eigenvalue weighted by molar-refractivity contribution is 0.200. The van der Waals surface area contributed by atoms with Crippen LogP contribution in [-0.2, 0) is 24.8 Å². The Morgan fingerprint density at radius 2 is 1.84 bits per heavy atom. The highest BCUT2D eigenvalue weighted by Crippen LogP contribution is 2.30. The molecule has 0 aliphatic heterocycles. The molecule has 0 aliphatic rings. The Balaban J connectivity index is 1.65. The first-order valence-corrected chi connectivity index (χ1v) is 10.4. The number of nitrogens with two attached hydrogens (primary N) is 1. The van der Waals surface area contributed by atoms with E-state index in [1.807, 2.05) is 42.1 Å². The van der Waals surface area contributed by atoms with Crippen molar-refractivity contribution < 1.29 is 9.13 Å². The van der Waals surface area contributed by atoms with Gasteiger partial charge in [0.25, 0.3) is 0 Å². The van der Waals surface area contributed by atoms with Crippen LogP contribution in [0.4, 0.5) is 10.2 Å². The van der Waals surface area contributed by atoms with E-state index in [2.05, 4.69) is 9.55 Å². The molecule has 0 bridgehead atoms. The molecule has 162 valence electrons. The zero-order valence-corrected chi connectivity index (χ0v) is 17.9. The Morgan fingerprint density at radius 3 is 2.62 bits per heavy atom. The van der Waals surface area contributed by atoms with Gasteiger partial charge in [-0.1, -0.05) is 18.2 Å². The average Bonchev–Trinajstić information content (AvgIpc) is 3.34. The predicted octanol–water partition coefficient (Wildman–Crippen LogP) is 3.94. The Bertz CT molecular complexity index is 1420. The first-order valence-electron chi connectivity index (χ1n) is 10.4. The number of nitrogen functional groups attached to an aromatic ring is 1. The summed E-state index contributed by atoms with van der Waals surface area (Å²) in [5.74, 6) is 1.01. The van der Waals surface area contributed by atoms with Crippen molar-refractivity contribution in [1.82, 2.24) is 24.3 Å². The smallest absolute Gasteiger partial charge is 0.152 e. The second-order valence-corrected chi connectivity index (χ2v) is 7.72. The van der Waals surface area contributed by atoms with Gasteiger partial charge < -0.3 is 15.0 Å². The second-order valence-electron chi connectivity index (χ2n) is 7.72. The monoisotopic (exact) mass is 430 g/mol. The molecule has 0 unspecified atom stereocenters. The number of aromatic nitrogens is 5. The lowest BCUT2D eigenvalue weighted by atomic mass is 10.1. The van der Waals surface area contributed by atoms with E-state index in [1.165, 1.54) is 12.1 Å². The van der Waals surface area contributed by atoms with Crippen LogP contribution in [0, 0.1) is 5.82 Å². The van der Waals surface area contributed by atoms with E-state index in [-0.39, 0.29) is 5.82 Å². The van der Waals surface area contributed by atoms with Crippen molar-refractivity contribution >= 4 is 27.8 Å². The number of anilines is 1. The summed E-state index contributed by atoms with van der Waals surface area (Å²) >= 11 is 0. The molecule has 5 aromatic rings. The first kappa shape index (κ1) is 20.1. The van der Waals surface area contributed by atoms with E-state index in [4.69, 9.17) is 20.6 Å². The van der Waals surface area contributed by atoms with Crippen LogP contribution in [-0.4, -0.2) is 38.0 Å². The van der Waals surface area contributed by atoms with Crippen LogP contribution in [0.2, 0.25) is 0 Å². The highest BCUT2D eigenvalue weighted by molar-refractivity contribution is 6.06. The van der Waals surface area contributed by atoms with Gasteiger partial charge in [-0.25, -0.2) is 14.4 Å². The zero-order valence-electron chi connectivity index (χ0n) is 17.9. The number of halogens is 1.